The molecule has 1 aromatic rings. The summed E-state index contributed by atoms with van der Waals surface area (Å²) in [4.78, 5) is 24.9. The fraction of sp³-hybridized carbons (Fsp3) is 0.467. The van der Waals surface area contributed by atoms with E-state index in [2.05, 4.69) is 5.32 Å². The minimum Gasteiger partial charge on any atom is -0.465 e. The first kappa shape index (κ1) is 15.4. The topological polar surface area (TPSA) is 69.6 Å². The van der Waals surface area contributed by atoms with Crippen molar-refractivity contribution in [2.75, 3.05) is 13.1 Å². The van der Waals surface area contributed by atoms with Gasteiger partial charge in [0.05, 0.1) is 6.04 Å². The summed E-state index contributed by atoms with van der Waals surface area (Å²) in [7, 11) is 0. The molecule has 1 aliphatic carbocycles. The van der Waals surface area contributed by atoms with Gasteiger partial charge in [0, 0.05) is 28.7 Å². The van der Waals surface area contributed by atoms with Crippen molar-refractivity contribution in [3.8, 4) is 0 Å². The molecule has 3 rings (SSSR count). The van der Waals surface area contributed by atoms with E-state index in [1.165, 1.54) is 4.90 Å². The SMILES string of the molecule is O=C(NC1CN(C(=O)O)CCC12CC2)c1cc(Cl)cc(Cl)c1. The van der Waals surface area contributed by atoms with Crippen molar-refractivity contribution >= 4 is 35.2 Å². The van der Waals surface area contributed by atoms with E-state index in [4.69, 9.17) is 28.3 Å². The number of nitrogens with one attached hydrogen (secondary N) is 1. The van der Waals surface area contributed by atoms with Gasteiger partial charge in [-0.15, -0.1) is 0 Å². The van der Waals surface area contributed by atoms with Gasteiger partial charge in [-0.05, 0) is 42.9 Å². The molecular weight excluding hydrogens is 327 g/mol. The molecule has 0 radical (unpaired) electrons. The minimum absolute atomic E-state index is 0.0595. The number of carbonyl (C=O) groups is 2. The average molecular weight is 343 g/mol. The molecule has 2 N–H and O–H groups in total. The van der Waals surface area contributed by atoms with E-state index in [1.54, 1.807) is 18.2 Å². The van der Waals surface area contributed by atoms with Crippen LogP contribution in [0.15, 0.2) is 18.2 Å². The zero-order chi connectivity index (χ0) is 15.9. The van der Waals surface area contributed by atoms with Crippen molar-refractivity contribution in [2.45, 2.75) is 25.3 Å². The number of piperidine rings is 1. The third-order valence-electron chi connectivity index (χ3n) is 4.61. The van der Waals surface area contributed by atoms with Gasteiger partial charge in [-0.1, -0.05) is 23.2 Å². The molecule has 7 heteroatoms. The quantitative estimate of drug-likeness (QED) is 0.866. The molecule has 5 nitrogen and oxygen atoms in total. The summed E-state index contributed by atoms with van der Waals surface area (Å²) in [6.07, 6.45) is 1.91. The lowest BCUT2D eigenvalue weighted by Crippen LogP contribution is -2.54. The van der Waals surface area contributed by atoms with Crippen molar-refractivity contribution in [1.82, 2.24) is 10.2 Å². The number of rotatable bonds is 2. The number of hydrogen-bond donors (Lipinski definition) is 2. The van der Waals surface area contributed by atoms with Crippen LogP contribution >= 0.6 is 23.2 Å². The second kappa shape index (κ2) is 5.63. The number of benzene rings is 1. The Morgan fingerprint density at radius 3 is 2.36 bits per heavy atom. The standard InChI is InChI=1S/C15H16Cl2N2O3/c16-10-5-9(6-11(17)7-10)13(20)18-12-8-19(14(21)22)4-3-15(12)1-2-15/h5-7,12H,1-4,8H2,(H,18,20)(H,21,22). The van der Waals surface area contributed by atoms with Gasteiger partial charge >= 0.3 is 6.09 Å². The van der Waals surface area contributed by atoms with Gasteiger partial charge in [-0.2, -0.15) is 0 Å². The number of nitrogens with zero attached hydrogens (tertiary/aromatic N) is 1. The molecule has 1 aliphatic heterocycles. The molecule has 2 aliphatic rings. The Balaban J connectivity index is 1.75. The monoisotopic (exact) mass is 342 g/mol. The van der Waals surface area contributed by atoms with E-state index in [1.807, 2.05) is 0 Å². The predicted octanol–water partition coefficient (Wildman–Crippen LogP) is 3.26. The zero-order valence-electron chi connectivity index (χ0n) is 11.8. The largest absolute Gasteiger partial charge is 0.465 e. The molecule has 1 spiro atoms. The van der Waals surface area contributed by atoms with Crippen LogP contribution in [0.1, 0.15) is 29.6 Å². The van der Waals surface area contributed by atoms with E-state index in [0.29, 0.717) is 28.7 Å². The minimum atomic E-state index is -0.944. The van der Waals surface area contributed by atoms with Crippen molar-refractivity contribution < 1.29 is 14.7 Å². The van der Waals surface area contributed by atoms with Crippen LogP contribution < -0.4 is 5.32 Å². The Kier molecular flexibility index (Phi) is 3.95. The van der Waals surface area contributed by atoms with Crippen LogP contribution in [0.4, 0.5) is 4.79 Å². The molecule has 22 heavy (non-hydrogen) atoms. The summed E-state index contributed by atoms with van der Waals surface area (Å²) in [6.45, 7) is 0.861. The van der Waals surface area contributed by atoms with Crippen LogP contribution in [0.25, 0.3) is 0 Å². The summed E-state index contributed by atoms with van der Waals surface area (Å²) in [5, 5.41) is 12.9. The molecule has 118 valence electrons. The van der Waals surface area contributed by atoms with Crippen molar-refractivity contribution in [3.63, 3.8) is 0 Å². The van der Waals surface area contributed by atoms with E-state index in [9.17, 15) is 9.59 Å². The smallest absolute Gasteiger partial charge is 0.407 e. The lowest BCUT2D eigenvalue weighted by Gasteiger charge is -2.38. The highest BCUT2D eigenvalue weighted by molar-refractivity contribution is 6.35. The van der Waals surface area contributed by atoms with Crippen LogP contribution in [0, 0.1) is 5.41 Å². The molecule has 0 bridgehead atoms. The zero-order valence-corrected chi connectivity index (χ0v) is 13.3. The first-order chi connectivity index (χ1) is 10.4. The molecule has 1 saturated carbocycles. The molecule has 1 atom stereocenters. The van der Waals surface area contributed by atoms with Gasteiger partial charge in [-0.25, -0.2) is 4.79 Å². The third-order valence-corrected chi connectivity index (χ3v) is 5.05. The van der Waals surface area contributed by atoms with Crippen LogP contribution in [-0.4, -0.2) is 41.1 Å². The highest BCUT2D eigenvalue weighted by atomic mass is 35.5. The van der Waals surface area contributed by atoms with Gasteiger partial charge in [0.1, 0.15) is 0 Å². The lowest BCUT2D eigenvalue weighted by atomic mass is 9.88. The second-order valence-electron chi connectivity index (χ2n) is 6.03. The number of halogens is 2. The van der Waals surface area contributed by atoms with Crippen LogP contribution in [0.3, 0.4) is 0 Å². The fourth-order valence-electron chi connectivity index (χ4n) is 3.10. The molecule has 2 amide bonds. The number of carboxylic acid groups (broad SMARTS) is 1. The highest BCUT2D eigenvalue weighted by Gasteiger charge is 2.53. The van der Waals surface area contributed by atoms with Crippen LogP contribution in [0.5, 0.6) is 0 Å². The maximum Gasteiger partial charge on any atom is 0.407 e. The van der Waals surface area contributed by atoms with Crippen molar-refractivity contribution in [3.05, 3.63) is 33.8 Å². The van der Waals surface area contributed by atoms with E-state index in [-0.39, 0.29) is 17.4 Å². The lowest BCUT2D eigenvalue weighted by molar-refractivity contribution is 0.0789. The normalized spacial score (nSPS) is 22.5. The summed E-state index contributed by atoms with van der Waals surface area (Å²) in [6, 6.07) is 4.51. The fourth-order valence-corrected chi connectivity index (χ4v) is 3.62. The summed E-state index contributed by atoms with van der Waals surface area (Å²) in [5.41, 5.74) is 0.449. The molecule has 1 aromatic carbocycles. The van der Waals surface area contributed by atoms with Gasteiger partial charge in [0.25, 0.3) is 5.91 Å². The van der Waals surface area contributed by atoms with E-state index in [0.717, 1.165) is 19.3 Å². The molecule has 0 aromatic heterocycles. The summed E-state index contributed by atoms with van der Waals surface area (Å²) in [5.74, 6) is -0.270. The predicted molar refractivity (Wildman–Crippen MR) is 83.6 cm³/mol. The third kappa shape index (κ3) is 3.01. The van der Waals surface area contributed by atoms with Gasteiger partial charge in [0.2, 0.25) is 0 Å². The van der Waals surface area contributed by atoms with Gasteiger partial charge in [-0.3, -0.25) is 4.79 Å². The maximum absolute atomic E-state index is 12.4. The number of carbonyl (C=O) groups excluding carboxylic acids is 1. The van der Waals surface area contributed by atoms with E-state index >= 15 is 0 Å². The number of likely N-dealkylation sites (tertiary alicyclic amines) is 1. The second-order valence-corrected chi connectivity index (χ2v) is 6.90. The summed E-state index contributed by atoms with van der Waals surface area (Å²) >= 11 is 11.8. The summed E-state index contributed by atoms with van der Waals surface area (Å²) < 4.78 is 0. The van der Waals surface area contributed by atoms with Gasteiger partial charge in [0.15, 0.2) is 0 Å². The molecule has 1 unspecified atom stereocenters. The van der Waals surface area contributed by atoms with Gasteiger partial charge < -0.3 is 15.3 Å². The van der Waals surface area contributed by atoms with Crippen LogP contribution in [-0.2, 0) is 0 Å². The maximum atomic E-state index is 12.4. The highest BCUT2D eigenvalue weighted by Crippen LogP contribution is 2.53. The Labute approximate surface area is 138 Å². The molecule has 1 heterocycles. The number of hydrogen-bond acceptors (Lipinski definition) is 2. The van der Waals surface area contributed by atoms with Crippen LogP contribution in [0.2, 0.25) is 10.0 Å². The Morgan fingerprint density at radius 2 is 1.82 bits per heavy atom. The molecule has 2 fully saturated rings. The molecule has 1 saturated heterocycles. The number of amides is 2. The van der Waals surface area contributed by atoms with Crippen molar-refractivity contribution in [1.29, 1.82) is 0 Å². The Hall–Kier alpha value is -1.46. The van der Waals surface area contributed by atoms with Crippen molar-refractivity contribution in [2.24, 2.45) is 5.41 Å². The Morgan fingerprint density at radius 1 is 1.18 bits per heavy atom. The van der Waals surface area contributed by atoms with E-state index < -0.39 is 6.09 Å². The Bertz CT molecular complexity index is 611. The molecular formula is C15H16Cl2N2O3. The first-order valence-corrected chi connectivity index (χ1v) is 7.90. The first-order valence-electron chi connectivity index (χ1n) is 7.14. The average Bonchev–Trinajstić information content (AvgIpc) is 3.20.